The molecule has 0 saturated heterocycles. The molecule has 1 aromatic heterocycles. The number of benzene rings is 1. The first-order chi connectivity index (χ1) is 9.06. The van der Waals surface area contributed by atoms with Gasteiger partial charge in [-0.05, 0) is 36.8 Å². The van der Waals surface area contributed by atoms with Gasteiger partial charge in [0, 0.05) is 18.4 Å². The number of nitrogens with zero attached hydrogens (tertiary/aromatic N) is 1. The van der Waals surface area contributed by atoms with Gasteiger partial charge in [-0.3, -0.25) is 9.78 Å². The van der Waals surface area contributed by atoms with Gasteiger partial charge in [0.15, 0.2) is 0 Å². The summed E-state index contributed by atoms with van der Waals surface area (Å²) in [4.78, 5) is 16.0. The van der Waals surface area contributed by atoms with Gasteiger partial charge in [0.2, 0.25) is 0 Å². The number of amides is 1. The molecule has 0 bridgehead atoms. The molecule has 0 aliphatic rings. The molecule has 2 rings (SSSR count). The molecule has 0 aliphatic heterocycles. The fraction of sp³-hybridized carbons (Fsp3) is 0.143. The van der Waals surface area contributed by atoms with E-state index in [0.29, 0.717) is 6.54 Å². The fourth-order valence-corrected chi connectivity index (χ4v) is 1.59. The molecule has 0 aliphatic carbocycles. The van der Waals surface area contributed by atoms with Crippen LogP contribution in [0, 0.1) is 6.92 Å². The van der Waals surface area contributed by atoms with Crippen molar-refractivity contribution >= 4 is 5.91 Å². The number of rotatable bonds is 3. The first-order valence-corrected chi connectivity index (χ1v) is 5.78. The van der Waals surface area contributed by atoms with Crippen LogP contribution in [0.3, 0.4) is 0 Å². The zero-order valence-electron chi connectivity index (χ0n) is 10.4. The third-order valence-electron chi connectivity index (χ3n) is 2.65. The number of aryl methyl sites for hydroxylation is 1. The van der Waals surface area contributed by atoms with E-state index in [0.717, 1.165) is 11.3 Å². The second-order valence-corrected chi connectivity index (χ2v) is 4.19. The third kappa shape index (κ3) is 3.22. The van der Waals surface area contributed by atoms with Crippen LogP contribution in [0.5, 0.6) is 11.5 Å². The maximum Gasteiger partial charge on any atom is 0.255 e. The number of carbonyl (C=O) groups is 1. The van der Waals surface area contributed by atoms with Crippen molar-refractivity contribution in [3.05, 3.63) is 53.3 Å². The molecule has 0 unspecified atom stereocenters. The second-order valence-electron chi connectivity index (χ2n) is 4.19. The van der Waals surface area contributed by atoms with Crippen molar-refractivity contribution in [2.24, 2.45) is 0 Å². The second kappa shape index (κ2) is 5.39. The van der Waals surface area contributed by atoms with Crippen LogP contribution in [0.1, 0.15) is 21.6 Å². The van der Waals surface area contributed by atoms with E-state index < -0.39 is 5.91 Å². The Balaban J connectivity index is 2.05. The van der Waals surface area contributed by atoms with Crippen LogP contribution in [0.2, 0.25) is 0 Å². The van der Waals surface area contributed by atoms with Gasteiger partial charge in [-0.2, -0.15) is 0 Å². The highest BCUT2D eigenvalue weighted by Crippen LogP contribution is 2.21. The lowest BCUT2D eigenvalue weighted by atomic mass is 10.1. The van der Waals surface area contributed by atoms with Gasteiger partial charge in [0.25, 0.3) is 5.91 Å². The standard InChI is InChI=1S/C14H14N2O3/c1-9-2-3-10(7-15-9)8-16-14(19)12-6-11(17)4-5-13(12)18/h2-7,17-18H,8H2,1H3,(H,16,19). The van der Waals surface area contributed by atoms with E-state index in [1.807, 2.05) is 19.1 Å². The summed E-state index contributed by atoms with van der Waals surface area (Å²) in [6.07, 6.45) is 1.68. The van der Waals surface area contributed by atoms with E-state index in [4.69, 9.17) is 0 Å². The topological polar surface area (TPSA) is 82.5 Å². The minimum Gasteiger partial charge on any atom is -0.508 e. The number of carbonyl (C=O) groups excluding carboxylic acids is 1. The van der Waals surface area contributed by atoms with Crippen molar-refractivity contribution in [3.63, 3.8) is 0 Å². The Morgan fingerprint density at radius 3 is 2.74 bits per heavy atom. The van der Waals surface area contributed by atoms with Crippen LogP contribution >= 0.6 is 0 Å². The minimum absolute atomic E-state index is 0.0417. The van der Waals surface area contributed by atoms with E-state index >= 15 is 0 Å². The molecule has 19 heavy (non-hydrogen) atoms. The molecule has 98 valence electrons. The highest BCUT2D eigenvalue weighted by molar-refractivity contribution is 5.97. The normalized spacial score (nSPS) is 10.2. The van der Waals surface area contributed by atoms with Crippen LogP contribution in [0.15, 0.2) is 36.5 Å². The van der Waals surface area contributed by atoms with Crippen LogP contribution in [0.25, 0.3) is 0 Å². The van der Waals surface area contributed by atoms with Crippen LogP contribution in [-0.2, 0) is 6.54 Å². The van der Waals surface area contributed by atoms with Crippen LogP contribution < -0.4 is 5.32 Å². The van der Waals surface area contributed by atoms with Gasteiger partial charge < -0.3 is 15.5 Å². The molecule has 3 N–H and O–H groups in total. The maximum absolute atomic E-state index is 11.9. The maximum atomic E-state index is 11.9. The Morgan fingerprint density at radius 1 is 1.26 bits per heavy atom. The summed E-state index contributed by atoms with van der Waals surface area (Å²) in [7, 11) is 0. The average molecular weight is 258 g/mol. The lowest BCUT2D eigenvalue weighted by molar-refractivity contribution is 0.0948. The number of pyridine rings is 1. The average Bonchev–Trinajstić information content (AvgIpc) is 2.40. The number of phenolic OH excluding ortho intramolecular Hbond substituents is 2. The number of phenols is 2. The SMILES string of the molecule is Cc1ccc(CNC(=O)c2cc(O)ccc2O)cn1. The highest BCUT2D eigenvalue weighted by Gasteiger charge is 2.11. The summed E-state index contributed by atoms with van der Waals surface area (Å²) in [5.41, 5.74) is 1.80. The number of aromatic hydroxyl groups is 2. The molecule has 0 radical (unpaired) electrons. The molecule has 0 fully saturated rings. The molecular weight excluding hydrogens is 244 g/mol. The predicted octanol–water partition coefficient (Wildman–Crippen LogP) is 1.73. The third-order valence-corrected chi connectivity index (χ3v) is 2.65. The van der Waals surface area contributed by atoms with Crippen molar-refractivity contribution in [2.45, 2.75) is 13.5 Å². The minimum atomic E-state index is -0.450. The number of hydrogen-bond donors (Lipinski definition) is 3. The van der Waals surface area contributed by atoms with Gasteiger partial charge in [-0.15, -0.1) is 0 Å². The zero-order valence-corrected chi connectivity index (χ0v) is 10.4. The van der Waals surface area contributed by atoms with Gasteiger partial charge in [0.1, 0.15) is 11.5 Å². The van der Waals surface area contributed by atoms with Crippen molar-refractivity contribution in [3.8, 4) is 11.5 Å². The van der Waals surface area contributed by atoms with E-state index in [1.54, 1.807) is 6.20 Å². The molecular formula is C14H14N2O3. The lowest BCUT2D eigenvalue weighted by Gasteiger charge is -2.07. The number of nitrogens with one attached hydrogen (secondary N) is 1. The Labute approximate surface area is 110 Å². The summed E-state index contributed by atoms with van der Waals surface area (Å²) in [6.45, 7) is 2.19. The quantitative estimate of drug-likeness (QED) is 0.732. The first kappa shape index (κ1) is 12.9. The van der Waals surface area contributed by atoms with Crippen LogP contribution in [-0.4, -0.2) is 21.1 Å². The lowest BCUT2D eigenvalue weighted by Crippen LogP contribution is -2.22. The molecule has 5 nitrogen and oxygen atoms in total. The monoisotopic (exact) mass is 258 g/mol. The van der Waals surface area contributed by atoms with E-state index in [1.165, 1.54) is 18.2 Å². The smallest absolute Gasteiger partial charge is 0.255 e. The largest absolute Gasteiger partial charge is 0.508 e. The van der Waals surface area contributed by atoms with E-state index in [2.05, 4.69) is 10.3 Å². The summed E-state index contributed by atoms with van der Waals surface area (Å²) >= 11 is 0. The van der Waals surface area contributed by atoms with Crippen molar-refractivity contribution in [1.29, 1.82) is 0 Å². The number of hydrogen-bond acceptors (Lipinski definition) is 4. The predicted molar refractivity (Wildman–Crippen MR) is 69.9 cm³/mol. The summed E-state index contributed by atoms with van der Waals surface area (Å²) in [6, 6.07) is 7.53. The molecule has 1 aromatic carbocycles. The van der Waals surface area contributed by atoms with Gasteiger partial charge in [0.05, 0.1) is 5.56 Å². The molecule has 0 atom stereocenters. The first-order valence-electron chi connectivity index (χ1n) is 5.78. The molecule has 0 saturated carbocycles. The Morgan fingerprint density at radius 2 is 2.05 bits per heavy atom. The molecule has 0 spiro atoms. The van der Waals surface area contributed by atoms with Crippen molar-refractivity contribution in [2.75, 3.05) is 0 Å². The molecule has 1 heterocycles. The van der Waals surface area contributed by atoms with Crippen molar-refractivity contribution < 1.29 is 15.0 Å². The van der Waals surface area contributed by atoms with Gasteiger partial charge >= 0.3 is 0 Å². The molecule has 2 aromatic rings. The summed E-state index contributed by atoms with van der Waals surface area (Å²) in [5, 5.41) is 21.5. The fourth-order valence-electron chi connectivity index (χ4n) is 1.59. The van der Waals surface area contributed by atoms with E-state index in [9.17, 15) is 15.0 Å². The highest BCUT2D eigenvalue weighted by atomic mass is 16.3. The Hall–Kier alpha value is -2.56. The summed E-state index contributed by atoms with van der Waals surface area (Å²) < 4.78 is 0. The van der Waals surface area contributed by atoms with E-state index in [-0.39, 0.29) is 17.1 Å². The molecule has 5 heteroatoms. The number of aromatic nitrogens is 1. The van der Waals surface area contributed by atoms with Gasteiger partial charge in [-0.1, -0.05) is 6.07 Å². The molecule has 1 amide bonds. The van der Waals surface area contributed by atoms with Crippen LogP contribution in [0.4, 0.5) is 0 Å². The summed E-state index contributed by atoms with van der Waals surface area (Å²) in [5.74, 6) is -0.689. The Bertz CT molecular complexity index is 594. The zero-order chi connectivity index (χ0) is 13.8. The Kier molecular flexibility index (Phi) is 3.66. The van der Waals surface area contributed by atoms with Gasteiger partial charge in [-0.25, -0.2) is 0 Å². The van der Waals surface area contributed by atoms with Crippen molar-refractivity contribution in [1.82, 2.24) is 10.3 Å².